The molecule has 0 saturated carbocycles. The summed E-state index contributed by atoms with van der Waals surface area (Å²) in [6, 6.07) is 13.2. The molecule has 0 aliphatic heterocycles. The fraction of sp³-hybridized carbons (Fsp3) is 0.438. The normalized spacial score (nSPS) is 14.6. The van der Waals surface area contributed by atoms with E-state index in [-0.39, 0.29) is 5.56 Å². The number of nitrogens with one attached hydrogen (secondary N) is 1. The zero-order chi connectivity index (χ0) is 27.9. The van der Waals surface area contributed by atoms with Crippen LogP contribution in [0.25, 0.3) is 21.6 Å². The minimum absolute atomic E-state index is 0.0740. The Hall–Kier alpha value is -3.52. The molecule has 7 nitrogen and oxygen atoms in total. The Morgan fingerprint density at radius 2 is 1.70 bits per heavy atom. The molecular formula is C32H38N2O5S. The second-order valence-electron chi connectivity index (χ2n) is 10.4. The van der Waals surface area contributed by atoms with Crippen molar-refractivity contribution in [3.8, 4) is 34.4 Å². The summed E-state index contributed by atoms with van der Waals surface area (Å²) in [5.41, 5.74) is 1.88. The van der Waals surface area contributed by atoms with E-state index in [1.165, 1.54) is 29.7 Å². The maximum atomic E-state index is 13.0. The topological polar surface area (TPSA) is 82.7 Å². The van der Waals surface area contributed by atoms with Gasteiger partial charge in [-0.25, -0.2) is 4.98 Å². The molecule has 40 heavy (non-hydrogen) atoms. The van der Waals surface area contributed by atoms with Gasteiger partial charge in [0.2, 0.25) is 0 Å². The second-order valence-corrected chi connectivity index (χ2v) is 11.5. The van der Waals surface area contributed by atoms with E-state index >= 15 is 0 Å². The zero-order valence-electron chi connectivity index (χ0n) is 23.6. The number of unbranched alkanes of at least 4 members (excludes halogenated alkanes) is 3. The summed E-state index contributed by atoms with van der Waals surface area (Å²) in [6.07, 6.45) is 7.83. The number of aryl methyl sites for hydroxylation is 1. The highest BCUT2D eigenvalue weighted by molar-refractivity contribution is 7.18. The predicted molar refractivity (Wildman–Crippen MR) is 160 cm³/mol. The largest absolute Gasteiger partial charge is 0.494 e. The third-order valence-corrected chi connectivity index (χ3v) is 8.45. The Morgan fingerprint density at radius 3 is 2.45 bits per heavy atom. The number of nitrogens with zero attached hydrogens (tertiary/aromatic N) is 1. The molecule has 8 heteroatoms. The molecule has 0 spiro atoms. The van der Waals surface area contributed by atoms with Crippen molar-refractivity contribution in [1.82, 2.24) is 9.97 Å². The van der Waals surface area contributed by atoms with Crippen molar-refractivity contribution in [3.63, 3.8) is 0 Å². The van der Waals surface area contributed by atoms with Gasteiger partial charge >= 0.3 is 0 Å². The molecule has 1 aliphatic carbocycles. The van der Waals surface area contributed by atoms with E-state index in [0.29, 0.717) is 36.5 Å². The van der Waals surface area contributed by atoms with Crippen LogP contribution in [-0.4, -0.2) is 36.9 Å². The molecule has 2 heterocycles. The second kappa shape index (κ2) is 13.2. The minimum Gasteiger partial charge on any atom is -0.494 e. The van der Waals surface area contributed by atoms with Crippen LogP contribution in [0.5, 0.6) is 23.0 Å². The lowest BCUT2D eigenvalue weighted by Crippen LogP contribution is -2.13. The molecule has 212 valence electrons. The number of methoxy groups -OCH3 is 1. The van der Waals surface area contributed by atoms with Crippen LogP contribution in [-0.2, 0) is 12.8 Å². The molecule has 4 aromatic rings. The van der Waals surface area contributed by atoms with E-state index < -0.39 is 0 Å². The molecule has 0 radical (unpaired) electrons. The maximum Gasteiger partial charge on any atom is 0.260 e. The minimum atomic E-state index is -0.0740. The fourth-order valence-electron chi connectivity index (χ4n) is 5.08. The van der Waals surface area contributed by atoms with Gasteiger partial charge in [0.1, 0.15) is 35.4 Å². The molecule has 1 atom stereocenters. The first-order chi connectivity index (χ1) is 19.6. The average molecular weight is 563 g/mol. The highest BCUT2D eigenvalue weighted by Crippen LogP contribution is 2.37. The van der Waals surface area contributed by atoms with Crippen molar-refractivity contribution in [3.05, 3.63) is 63.3 Å². The van der Waals surface area contributed by atoms with Crippen LogP contribution in [0.2, 0.25) is 0 Å². The van der Waals surface area contributed by atoms with Crippen LogP contribution >= 0.6 is 11.3 Å². The van der Waals surface area contributed by atoms with Gasteiger partial charge in [-0.3, -0.25) is 4.79 Å². The standard InChI is InChI=1S/C32H38N2O5S/c1-4-5-6-7-16-37-23-10-12-24(13-11-23)38-17-18-39-26-15-9-22(20-27(26)36-3)30-33-31(35)29-25-14-8-21(2)19-28(25)40-32(29)34-30/h9-13,15,20-21H,4-8,14,16-19H2,1-3H3,(H,33,34,35)/t21-/m1/s1. The molecule has 0 amide bonds. The van der Waals surface area contributed by atoms with Gasteiger partial charge in [-0.1, -0.05) is 33.1 Å². The van der Waals surface area contributed by atoms with Gasteiger partial charge in [0, 0.05) is 10.4 Å². The van der Waals surface area contributed by atoms with E-state index in [2.05, 4.69) is 18.8 Å². The first kappa shape index (κ1) is 28.0. The van der Waals surface area contributed by atoms with Gasteiger partial charge in [-0.05, 0) is 79.6 Å². The number of aromatic nitrogens is 2. The number of hydrogen-bond acceptors (Lipinski definition) is 7. The fourth-order valence-corrected chi connectivity index (χ4v) is 6.47. The summed E-state index contributed by atoms with van der Waals surface area (Å²) in [5, 5.41) is 0.757. The van der Waals surface area contributed by atoms with Crippen LogP contribution in [0.1, 0.15) is 56.4 Å². The van der Waals surface area contributed by atoms with Crippen LogP contribution in [0, 0.1) is 5.92 Å². The van der Waals surface area contributed by atoms with Crippen molar-refractivity contribution in [2.24, 2.45) is 5.92 Å². The van der Waals surface area contributed by atoms with Crippen molar-refractivity contribution < 1.29 is 18.9 Å². The molecular weight excluding hydrogens is 524 g/mol. The van der Waals surface area contributed by atoms with Crippen LogP contribution < -0.4 is 24.5 Å². The Bertz CT molecular complexity index is 1480. The van der Waals surface area contributed by atoms with Crippen molar-refractivity contribution >= 4 is 21.6 Å². The smallest absolute Gasteiger partial charge is 0.260 e. The number of benzene rings is 2. The van der Waals surface area contributed by atoms with Crippen molar-refractivity contribution in [1.29, 1.82) is 0 Å². The first-order valence-corrected chi connectivity index (χ1v) is 15.1. The Morgan fingerprint density at radius 1 is 0.950 bits per heavy atom. The van der Waals surface area contributed by atoms with Crippen LogP contribution in [0.15, 0.2) is 47.3 Å². The van der Waals surface area contributed by atoms with E-state index in [1.807, 2.05) is 42.5 Å². The monoisotopic (exact) mass is 562 g/mol. The zero-order valence-corrected chi connectivity index (χ0v) is 24.4. The van der Waals surface area contributed by atoms with E-state index in [0.717, 1.165) is 59.6 Å². The van der Waals surface area contributed by atoms with Gasteiger partial charge in [-0.15, -0.1) is 11.3 Å². The summed E-state index contributed by atoms with van der Waals surface area (Å²) in [5.74, 6) is 3.97. The van der Waals surface area contributed by atoms with Crippen LogP contribution in [0.3, 0.4) is 0 Å². The molecule has 1 N–H and O–H groups in total. The number of aromatic amines is 1. The van der Waals surface area contributed by atoms with E-state index in [4.69, 9.17) is 23.9 Å². The lowest BCUT2D eigenvalue weighted by atomic mass is 9.89. The number of hydrogen-bond donors (Lipinski definition) is 1. The van der Waals surface area contributed by atoms with Crippen LogP contribution in [0.4, 0.5) is 0 Å². The quantitative estimate of drug-likeness (QED) is 0.174. The number of H-pyrrole nitrogens is 1. The predicted octanol–water partition coefficient (Wildman–Crippen LogP) is 7.20. The van der Waals surface area contributed by atoms with Gasteiger partial charge in [0.05, 0.1) is 19.1 Å². The molecule has 0 unspecified atom stereocenters. The number of ether oxygens (including phenoxy) is 4. The average Bonchev–Trinajstić information content (AvgIpc) is 3.34. The third-order valence-electron chi connectivity index (χ3n) is 7.30. The van der Waals surface area contributed by atoms with Gasteiger partial charge in [-0.2, -0.15) is 0 Å². The maximum absolute atomic E-state index is 13.0. The first-order valence-electron chi connectivity index (χ1n) is 14.3. The highest BCUT2D eigenvalue weighted by atomic mass is 32.1. The molecule has 0 fully saturated rings. The number of thiophene rings is 1. The lowest BCUT2D eigenvalue weighted by Gasteiger charge is -2.17. The van der Waals surface area contributed by atoms with Crippen molar-refractivity contribution in [2.75, 3.05) is 26.9 Å². The molecule has 5 rings (SSSR count). The summed E-state index contributed by atoms with van der Waals surface area (Å²) >= 11 is 1.65. The Labute approximate surface area is 239 Å². The summed E-state index contributed by atoms with van der Waals surface area (Å²) in [6.45, 7) is 5.95. The van der Waals surface area contributed by atoms with Gasteiger partial charge in [0.25, 0.3) is 5.56 Å². The SMILES string of the molecule is CCCCCCOc1ccc(OCCOc2ccc(-c3nc4sc5c(c4c(=O)[nH]3)CC[C@@H](C)C5)cc2OC)cc1. The van der Waals surface area contributed by atoms with E-state index in [1.54, 1.807) is 18.4 Å². The highest BCUT2D eigenvalue weighted by Gasteiger charge is 2.23. The number of rotatable bonds is 13. The molecule has 0 saturated heterocycles. The summed E-state index contributed by atoms with van der Waals surface area (Å²) in [7, 11) is 1.60. The number of fused-ring (bicyclic) bond motifs is 3. The lowest BCUT2D eigenvalue weighted by molar-refractivity contribution is 0.211. The van der Waals surface area contributed by atoms with Crippen molar-refractivity contribution in [2.45, 2.75) is 58.8 Å². The molecule has 0 bridgehead atoms. The van der Waals surface area contributed by atoms with Gasteiger partial charge < -0.3 is 23.9 Å². The molecule has 2 aromatic carbocycles. The molecule has 1 aliphatic rings. The third kappa shape index (κ3) is 6.61. The Balaban J connectivity index is 1.17. The Kier molecular flexibility index (Phi) is 9.26. The summed E-state index contributed by atoms with van der Waals surface area (Å²) in [4.78, 5) is 23.0. The van der Waals surface area contributed by atoms with E-state index in [9.17, 15) is 4.79 Å². The summed E-state index contributed by atoms with van der Waals surface area (Å²) < 4.78 is 23.2. The van der Waals surface area contributed by atoms with Gasteiger partial charge in [0.15, 0.2) is 11.5 Å². The molecule has 2 aromatic heterocycles.